The van der Waals surface area contributed by atoms with E-state index in [9.17, 15) is 5.11 Å². The number of phenolic OH excluding ortho intramolecular Hbond substituents is 1. The van der Waals surface area contributed by atoms with Crippen LogP contribution in [-0.4, -0.2) is 11.7 Å². The van der Waals surface area contributed by atoms with Crippen molar-refractivity contribution >= 4 is 11.6 Å². The third-order valence-electron chi connectivity index (χ3n) is 3.07. The van der Waals surface area contributed by atoms with Crippen LogP contribution >= 0.6 is 11.6 Å². The average molecular weight is 306 g/mol. The molecular weight excluding hydrogens is 286 g/mol. The van der Waals surface area contributed by atoms with Crippen LogP contribution in [0.25, 0.3) is 0 Å². The Bertz CT molecular complexity index is 587. The summed E-state index contributed by atoms with van der Waals surface area (Å²) in [6.45, 7) is 4.23. The van der Waals surface area contributed by atoms with Crippen molar-refractivity contribution in [2.75, 3.05) is 6.54 Å². The van der Waals surface area contributed by atoms with E-state index in [1.807, 2.05) is 24.3 Å². The van der Waals surface area contributed by atoms with E-state index < -0.39 is 0 Å². The highest BCUT2D eigenvalue weighted by Gasteiger charge is 2.05. The van der Waals surface area contributed by atoms with Crippen LogP contribution in [0.3, 0.4) is 0 Å². The van der Waals surface area contributed by atoms with E-state index in [1.165, 1.54) is 0 Å². The predicted molar refractivity (Wildman–Crippen MR) is 85.9 cm³/mol. The predicted octanol–water partition coefficient (Wildman–Crippen LogP) is 4.12. The van der Waals surface area contributed by atoms with Crippen LogP contribution in [0.4, 0.5) is 0 Å². The number of benzene rings is 2. The summed E-state index contributed by atoms with van der Waals surface area (Å²) in [5.41, 5.74) is 1.97. The lowest BCUT2D eigenvalue weighted by Crippen LogP contribution is -2.14. The summed E-state index contributed by atoms with van der Waals surface area (Å²) in [7, 11) is 0. The summed E-state index contributed by atoms with van der Waals surface area (Å²) in [6, 6.07) is 12.7. The van der Waals surface area contributed by atoms with E-state index in [-0.39, 0.29) is 5.75 Å². The first-order chi connectivity index (χ1) is 10.2. The zero-order chi connectivity index (χ0) is 15.1. The van der Waals surface area contributed by atoms with Gasteiger partial charge in [0.2, 0.25) is 0 Å². The van der Waals surface area contributed by atoms with Crippen LogP contribution in [-0.2, 0) is 13.2 Å². The maximum atomic E-state index is 9.46. The summed E-state index contributed by atoms with van der Waals surface area (Å²) in [5, 5.41) is 13.5. The highest BCUT2D eigenvalue weighted by atomic mass is 35.5. The van der Waals surface area contributed by atoms with Gasteiger partial charge in [0.15, 0.2) is 0 Å². The van der Waals surface area contributed by atoms with Crippen LogP contribution in [0, 0.1) is 0 Å². The van der Waals surface area contributed by atoms with Crippen molar-refractivity contribution in [2.24, 2.45) is 0 Å². The second-order valence-corrected chi connectivity index (χ2v) is 5.32. The molecule has 0 spiro atoms. The Morgan fingerprint density at radius 3 is 2.81 bits per heavy atom. The Morgan fingerprint density at radius 1 is 1.19 bits per heavy atom. The van der Waals surface area contributed by atoms with Gasteiger partial charge in [-0.05, 0) is 48.9 Å². The van der Waals surface area contributed by atoms with Crippen molar-refractivity contribution < 1.29 is 9.84 Å². The summed E-state index contributed by atoms with van der Waals surface area (Å²) in [4.78, 5) is 0. The zero-order valence-corrected chi connectivity index (χ0v) is 12.9. The Morgan fingerprint density at radius 2 is 2.05 bits per heavy atom. The van der Waals surface area contributed by atoms with Crippen LogP contribution in [0.1, 0.15) is 24.5 Å². The molecule has 0 amide bonds. The van der Waals surface area contributed by atoms with E-state index in [4.69, 9.17) is 16.3 Å². The molecule has 0 fully saturated rings. The lowest BCUT2D eigenvalue weighted by atomic mass is 10.2. The summed E-state index contributed by atoms with van der Waals surface area (Å²) in [6.07, 6.45) is 1.08. The SMILES string of the molecule is CCCNCc1cc(Cl)ccc1OCc1cccc(O)c1. The third kappa shape index (κ3) is 4.96. The number of rotatable bonds is 7. The molecule has 0 radical (unpaired) electrons. The van der Waals surface area contributed by atoms with Gasteiger partial charge in [-0.15, -0.1) is 0 Å². The molecule has 0 aliphatic carbocycles. The van der Waals surface area contributed by atoms with Crippen molar-refractivity contribution in [3.05, 3.63) is 58.6 Å². The second kappa shape index (κ2) is 7.91. The standard InChI is InChI=1S/C17H20ClNO2/c1-2-8-19-11-14-10-15(18)6-7-17(14)21-12-13-4-3-5-16(20)9-13/h3-7,9-10,19-20H,2,8,11-12H2,1H3. The molecule has 0 unspecified atom stereocenters. The number of aromatic hydroxyl groups is 1. The minimum Gasteiger partial charge on any atom is -0.508 e. The van der Waals surface area contributed by atoms with Crippen molar-refractivity contribution in [3.63, 3.8) is 0 Å². The maximum Gasteiger partial charge on any atom is 0.124 e. The fourth-order valence-corrected chi connectivity index (χ4v) is 2.23. The molecule has 0 aliphatic rings. The van der Waals surface area contributed by atoms with E-state index >= 15 is 0 Å². The van der Waals surface area contributed by atoms with Gasteiger partial charge in [0, 0.05) is 17.1 Å². The van der Waals surface area contributed by atoms with Gasteiger partial charge >= 0.3 is 0 Å². The molecule has 21 heavy (non-hydrogen) atoms. The van der Waals surface area contributed by atoms with Gasteiger partial charge < -0.3 is 15.2 Å². The average Bonchev–Trinajstić information content (AvgIpc) is 2.47. The minimum atomic E-state index is 0.247. The quantitative estimate of drug-likeness (QED) is 0.756. The lowest BCUT2D eigenvalue weighted by Gasteiger charge is -2.13. The number of hydrogen-bond donors (Lipinski definition) is 2. The second-order valence-electron chi connectivity index (χ2n) is 4.89. The summed E-state index contributed by atoms with van der Waals surface area (Å²) in [5.74, 6) is 1.06. The molecule has 112 valence electrons. The van der Waals surface area contributed by atoms with E-state index in [0.717, 1.165) is 36.4 Å². The monoisotopic (exact) mass is 305 g/mol. The lowest BCUT2D eigenvalue weighted by molar-refractivity contribution is 0.301. The molecule has 0 heterocycles. The Kier molecular flexibility index (Phi) is 5.90. The highest BCUT2D eigenvalue weighted by Crippen LogP contribution is 2.24. The first-order valence-electron chi connectivity index (χ1n) is 7.09. The number of hydrogen-bond acceptors (Lipinski definition) is 3. The fourth-order valence-electron chi connectivity index (χ4n) is 2.03. The van der Waals surface area contributed by atoms with Gasteiger partial charge in [-0.25, -0.2) is 0 Å². The maximum absolute atomic E-state index is 9.46. The van der Waals surface area contributed by atoms with Gasteiger partial charge in [-0.2, -0.15) is 0 Å². The molecule has 2 N–H and O–H groups in total. The molecule has 2 aromatic carbocycles. The third-order valence-corrected chi connectivity index (χ3v) is 3.30. The molecule has 0 saturated heterocycles. The van der Waals surface area contributed by atoms with Crippen molar-refractivity contribution in [1.82, 2.24) is 5.32 Å². The number of halogens is 1. The van der Waals surface area contributed by atoms with Crippen molar-refractivity contribution in [2.45, 2.75) is 26.5 Å². The Balaban J connectivity index is 2.04. The normalized spacial score (nSPS) is 10.6. The minimum absolute atomic E-state index is 0.247. The Hall–Kier alpha value is -1.71. The zero-order valence-electron chi connectivity index (χ0n) is 12.1. The van der Waals surface area contributed by atoms with Crippen LogP contribution < -0.4 is 10.1 Å². The molecule has 0 bridgehead atoms. The molecule has 0 aromatic heterocycles. The summed E-state index contributed by atoms with van der Waals surface area (Å²) >= 11 is 6.05. The molecule has 4 heteroatoms. The van der Waals surface area contributed by atoms with Gasteiger partial charge in [-0.3, -0.25) is 0 Å². The summed E-state index contributed by atoms with van der Waals surface area (Å²) < 4.78 is 5.85. The highest BCUT2D eigenvalue weighted by molar-refractivity contribution is 6.30. The van der Waals surface area contributed by atoms with E-state index in [1.54, 1.807) is 18.2 Å². The van der Waals surface area contributed by atoms with Gasteiger partial charge in [0.25, 0.3) is 0 Å². The van der Waals surface area contributed by atoms with Gasteiger partial charge in [0.1, 0.15) is 18.1 Å². The van der Waals surface area contributed by atoms with Crippen molar-refractivity contribution in [1.29, 1.82) is 0 Å². The molecule has 2 rings (SSSR count). The first kappa shape index (κ1) is 15.7. The Labute approximate surface area is 130 Å². The number of phenols is 1. The van der Waals surface area contributed by atoms with Crippen molar-refractivity contribution in [3.8, 4) is 11.5 Å². The fraction of sp³-hybridized carbons (Fsp3) is 0.294. The molecule has 0 atom stereocenters. The van der Waals surface area contributed by atoms with Crippen LogP contribution in [0.2, 0.25) is 5.02 Å². The van der Waals surface area contributed by atoms with Crippen LogP contribution in [0.15, 0.2) is 42.5 Å². The molecule has 2 aromatic rings. The number of nitrogens with one attached hydrogen (secondary N) is 1. The topological polar surface area (TPSA) is 41.5 Å². The van der Waals surface area contributed by atoms with Gasteiger partial charge in [0.05, 0.1) is 0 Å². The molecule has 0 saturated carbocycles. The van der Waals surface area contributed by atoms with Crippen LogP contribution in [0.5, 0.6) is 11.5 Å². The van der Waals surface area contributed by atoms with E-state index in [0.29, 0.717) is 11.6 Å². The molecule has 3 nitrogen and oxygen atoms in total. The molecule has 0 aliphatic heterocycles. The number of ether oxygens (including phenoxy) is 1. The van der Waals surface area contributed by atoms with Gasteiger partial charge in [-0.1, -0.05) is 30.7 Å². The smallest absolute Gasteiger partial charge is 0.124 e. The molecular formula is C17H20ClNO2. The largest absolute Gasteiger partial charge is 0.508 e. The van der Waals surface area contributed by atoms with E-state index in [2.05, 4.69) is 12.2 Å². The first-order valence-corrected chi connectivity index (χ1v) is 7.46.